The van der Waals surface area contributed by atoms with E-state index in [1.165, 1.54) is 93.1 Å². The van der Waals surface area contributed by atoms with Crippen LogP contribution in [-0.4, -0.2) is 29.0 Å². The molecular weight excluding hydrogens is 843 g/mol. The van der Waals surface area contributed by atoms with Crippen molar-refractivity contribution < 1.29 is 0 Å². The van der Waals surface area contributed by atoms with Gasteiger partial charge in [-0.25, -0.2) is 0 Å². The van der Waals surface area contributed by atoms with Crippen LogP contribution in [-0.2, 0) is 5.41 Å². The standard InChI is InChI=1S/C53H37NS6/c1-3-27(26-54-2)29-9-14-41-36(19-29)32-12-13-33-37-20-30(10-15-42(37)58-50(33)49(32)57-41)44-24-47-48(55-44)25-45(56-47)31-11-16-43-40(21-31)53-18-17-34-38-22-35(28-7-5-4-6-8-28)39(53)23-46(38)59-51(34)52(53)60-43/h3-22,24-26,34,38-39,46,51-52H,23H2,1-2H3/b27-3+,54-26?/t34?,38?,39-,46?,51?,52?,53?/m0/s1. The van der Waals surface area contributed by atoms with Crippen LogP contribution < -0.4 is 0 Å². The Labute approximate surface area is 373 Å². The molecule has 5 aromatic carbocycles. The lowest BCUT2D eigenvalue weighted by Crippen LogP contribution is -2.52. The molecule has 7 heteroatoms. The average molecular weight is 880 g/mol. The van der Waals surface area contributed by atoms with Crippen molar-refractivity contribution in [2.45, 2.75) is 39.4 Å². The molecule has 7 heterocycles. The molecule has 2 saturated heterocycles. The van der Waals surface area contributed by atoms with E-state index >= 15 is 0 Å². The molecule has 6 unspecified atom stereocenters. The van der Waals surface area contributed by atoms with E-state index in [1.807, 2.05) is 58.6 Å². The lowest BCUT2D eigenvalue weighted by Gasteiger charge is -2.51. The first kappa shape index (κ1) is 35.4. The molecule has 9 aromatic rings. The summed E-state index contributed by atoms with van der Waals surface area (Å²) in [5.41, 5.74) is 9.74. The Balaban J connectivity index is 0.818. The zero-order valence-electron chi connectivity index (χ0n) is 32.8. The third-order valence-corrected chi connectivity index (χ3v) is 22.7. The number of benzene rings is 5. The fourth-order valence-electron chi connectivity index (χ4n) is 11.6. The van der Waals surface area contributed by atoms with E-state index in [-0.39, 0.29) is 5.41 Å². The summed E-state index contributed by atoms with van der Waals surface area (Å²) in [6.45, 7) is 2.09. The summed E-state index contributed by atoms with van der Waals surface area (Å²) in [6, 6.07) is 42.5. The first-order valence-electron chi connectivity index (χ1n) is 20.9. The molecule has 0 spiro atoms. The highest BCUT2D eigenvalue weighted by atomic mass is 32.2. The number of rotatable bonds is 5. The van der Waals surface area contributed by atoms with E-state index in [2.05, 4.69) is 169 Å². The highest BCUT2D eigenvalue weighted by Crippen LogP contribution is 2.71. The highest BCUT2D eigenvalue weighted by molar-refractivity contribution is 8.04. The van der Waals surface area contributed by atoms with Gasteiger partial charge in [0.15, 0.2) is 0 Å². The van der Waals surface area contributed by atoms with Gasteiger partial charge in [-0.15, -0.1) is 57.1 Å². The van der Waals surface area contributed by atoms with Gasteiger partial charge in [0.05, 0.1) is 9.40 Å². The molecule has 1 nitrogen and oxygen atoms in total. The van der Waals surface area contributed by atoms with E-state index in [9.17, 15) is 0 Å². The fourth-order valence-corrected chi connectivity index (χ4v) is 20.5. The summed E-state index contributed by atoms with van der Waals surface area (Å²) in [7, 11) is 1.84. The fraction of sp³-hybridized carbons (Fsp3) is 0.189. The molecule has 0 radical (unpaired) electrons. The summed E-state index contributed by atoms with van der Waals surface area (Å²) in [6.07, 6.45) is 13.5. The molecule has 4 aromatic heterocycles. The number of allylic oxidation sites excluding steroid dienone is 6. The normalized spacial score (nSPS) is 26.4. The maximum absolute atomic E-state index is 4.29. The number of thioether (sulfide) groups is 2. The molecule has 5 aliphatic rings. The lowest BCUT2D eigenvalue weighted by atomic mass is 9.53. The van der Waals surface area contributed by atoms with E-state index in [0.29, 0.717) is 28.3 Å². The van der Waals surface area contributed by atoms with Gasteiger partial charge in [0.2, 0.25) is 0 Å². The molecule has 4 bridgehead atoms. The summed E-state index contributed by atoms with van der Waals surface area (Å²) in [5, 5.41) is 7.46. The summed E-state index contributed by atoms with van der Waals surface area (Å²) in [5.74, 6) is 1.84. The molecule has 290 valence electrons. The summed E-state index contributed by atoms with van der Waals surface area (Å²) in [4.78, 5) is 8.54. The minimum atomic E-state index is 0.0465. The van der Waals surface area contributed by atoms with Crippen LogP contribution >= 0.6 is 68.9 Å². The molecular formula is C53H37NS6. The average Bonchev–Trinajstić information content (AvgIpc) is 4.12. The first-order chi connectivity index (χ1) is 29.6. The molecule has 60 heavy (non-hydrogen) atoms. The van der Waals surface area contributed by atoms with Crippen LogP contribution in [0.3, 0.4) is 0 Å². The number of hydrogen-bond donors (Lipinski definition) is 0. The third kappa shape index (κ3) is 4.80. The second-order valence-electron chi connectivity index (χ2n) is 17.1. The number of nitrogens with zero attached hydrogens (tertiary/aromatic N) is 1. The maximum atomic E-state index is 4.29. The monoisotopic (exact) mass is 879 g/mol. The Kier molecular flexibility index (Phi) is 7.62. The van der Waals surface area contributed by atoms with Crippen LogP contribution in [0.4, 0.5) is 0 Å². The van der Waals surface area contributed by atoms with Gasteiger partial charge in [-0.1, -0.05) is 85.0 Å². The smallest absolute Gasteiger partial charge is 0.0534 e. The van der Waals surface area contributed by atoms with E-state index in [0.717, 1.165) is 10.8 Å². The SMILES string of the molecule is C/C=C(\C=NC)c1ccc2sc3c(ccc4c5cc(-c6cc7sc(-c8ccc9c(c8)C8%10C=CC%11C%12C=C(c%13ccccc%13)[C@@H]8CC%12SC%11C%10S9)cc7s6)ccc5sc43)c2c1. The lowest BCUT2D eigenvalue weighted by molar-refractivity contribution is 0.265. The van der Waals surface area contributed by atoms with Gasteiger partial charge in [0.1, 0.15) is 0 Å². The number of fused-ring (bicyclic) bond motifs is 11. The van der Waals surface area contributed by atoms with Crippen molar-refractivity contribution in [1.82, 2.24) is 0 Å². The minimum absolute atomic E-state index is 0.0465. The first-order valence-corrected chi connectivity index (χ1v) is 26.0. The second kappa shape index (κ2) is 12.9. The van der Waals surface area contributed by atoms with Crippen molar-refractivity contribution in [3.8, 4) is 20.9 Å². The van der Waals surface area contributed by atoms with Gasteiger partial charge in [-0.2, -0.15) is 11.8 Å². The molecule has 0 saturated carbocycles. The van der Waals surface area contributed by atoms with Crippen LogP contribution in [0.5, 0.6) is 0 Å². The molecule has 0 N–H and O–H groups in total. The highest BCUT2D eigenvalue weighted by Gasteiger charge is 2.65. The second-order valence-corrected chi connectivity index (χ2v) is 24.0. The molecule has 0 amide bonds. The topological polar surface area (TPSA) is 12.4 Å². The summed E-state index contributed by atoms with van der Waals surface area (Å²) >= 11 is 12.3. The summed E-state index contributed by atoms with van der Waals surface area (Å²) < 4.78 is 8.27. The minimum Gasteiger partial charge on any atom is -0.296 e. The van der Waals surface area contributed by atoms with E-state index in [4.69, 9.17) is 0 Å². The molecule has 2 aliphatic carbocycles. The molecule has 3 aliphatic heterocycles. The predicted molar refractivity (Wildman–Crippen MR) is 270 cm³/mol. The molecule has 7 atom stereocenters. The van der Waals surface area contributed by atoms with Crippen molar-refractivity contribution in [2.24, 2.45) is 22.7 Å². The van der Waals surface area contributed by atoms with Crippen molar-refractivity contribution in [3.63, 3.8) is 0 Å². The number of thiophene rings is 4. The van der Waals surface area contributed by atoms with Crippen LogP contribution in [0.2, 0.25) is 0 Å². The van der Waals surface area contributed by atoms with Crippen LogP contribution in [0.25, 0.3) is 81.8 Å². The maximum Gasteiger partial charge on any atom is 0.0534 e. The van der Waals surface area contributed by atoms with Gasteiger partial charge in [-0.05, 0) is 119 Å². The number of hydrogen-bond acceptors (Lipinski definition) is 7. The van der Waals surface area contributed by atoms with Gasteiger partial charge in [-0.3, -0.25) is 4.99 Å². The molecule has 14 rings (SSSR count). The zero-order chi connectivity index (χ0) is 39.4. The quantitative estimate of drug-likeness (QED) is 0.126. The van der Waals surface area contributed by atoms with Crippen molar-refractivity contribution in [1.29, 1.82) is 0 Å². The third-order valence-electron chi connectivity index (χ3n) is 14.3. The van der Waals surface area contributed by atoms with Gasteiger partial charge < -0.3 is 0 Å². The largest absolute Gasteiger partial charge is 0.296 e. The van der Waals surface area contributed by atoms with Gasteiger partial charge in [0, 0.05) is 89.4 Å². The van der Waals surface area contributed by atoms with Crippen LogP contribution in [0.1, 0.15) is 30.0 Å². The number of aliphatic imine (C=N–C) groups is 1. The van der Waals surface area contributed by atoms with Crippen molar-refractivity contribution in [2.75, 3.05) is 7.05 Å². The Hall–Kier alpha value is -4.21. The van der Waals surface area contributed by atoms with Crippen LogP contribution in [0, 0.1) is 17.8 Å². The van der Waals surface area contributed by atoms with E-state index < -0.39 is 0 Å². The van der Waals surface area contributed by atoms with E-state index in [1.54, 1.807) is 11.1 Å². The Morgan fingerprint density at radius 1 is 0.683 bits per heavy atom. The van der Waals surface area contributed by atoms with Gasteiger partial charge >= 0.3 is 0 Å². The predicted octanol–water partition coefficient (Wildman–Crippen LogP) is 16.3. The zero-order valence-corrected chi connectivity index (χ0v) is 37.7. The Morgan fingerprint density at radius 3 is 2.15 bits per heavy atom. The van der Waals surface area contributed by atoms with Crippen molar-refractivity contribution >= 4 is 136 Å². The van der Waals surface area contributed by atoms with Crippen molar-refractivity contribution in [3.05, 3.63) is 150 Å². The van der Waals surface area contributed by atoms with Crippen LogP contribution in [0.15, 0.2) is 143 Å². The van der Waals surface area contributed by atoms with Gasteiger partial charge in [0.25, 0.3) is 0 Å². The Bertz CT molecular complexity index is 3410. The molecule has 2 fully saturated rings. The Morgan fingerprint density at radius 2 is 1.40 bits per heavy atom.